The standard InChI is InChI=1S/C11H8Cl2N2O2/c1-6(16)8(5-14)11(17)15-10-4-7(12)2-3-9(10)13/h2-4,16H,1H3,(H,15,17). The first-order valence-electron chi connectivity index (χ1n) is 4.52. The lowest BCUT2D eigenvalue weighted by Gasteiger charge is -2.07. The number of halogens is 2. The lowest BCUT2D eigenvalue weighted by Crippen LogP contribution is -2.15. The van der Waals surface area contributed by atoms with Crippen molar-refractivity contribution in [1.82, 2.24) is 0 Å². The molecule has 0 fully saturated rings. The maximum absolute atomic E-state index is 11.6. The van der Waals surface area contributed by atoms with Gasteiger partial charge in [0.2, 0.25) is 0 Å². The van der Waals surface area contributed by atoms with Crippen LogP contribution in [0.5, 0.6) is 0 Å². The van der Waals surface area contributed by atoms with Crippen molar-refractivity contribution in [3.05, 3.63) is 39.6 Å². The fraction of sp³-hybridized carbons (Fsp3) is 0.0909. The van der Waals surface area contributed by atoms with E-state index in [1.54, 1.807) is 12.1 Å². The number of hydrogen-bond donors (Lipinski definition) is 2. The zero-order valence-corrected chi connectivity index (χ0v) is 10.3. The summed E-state index contributed by atoms with van der Waals surface area (Å²) in [5.74, 6) is -1.10. The van der Waals surface area contributed by atoms with Gasteiger partial charge in [-0.1, -0.05) is 23.2 Å². The maximum Gasteiger partial charge on any atom is 0.269 e. The van der Waals surface area contributed by atoms with Crippen molar-refractivity contribution >= 4 is 34.8 Å². The molecule has 0 radical (unpaired) electrons. The predicted octanol–water partition coefficient (Wildman–Crippen LogP) is 3.29. The molecule has 2 N–H and O–H groups in total. The van der Waals surface area contributed by atoms with Gasteiger partial charge >= 0.3 is 0 Å². The molecule has 0 bridgehead atoms. The van der Waals surface area contributed by atoms with E-state index in [1.807, 2.05) is 0 Å². The average Bonchev–Trinajstić information content (AvgIpc) is 2.24. The van der Waals surface area contributed by atoms with Gasteiger partial charge in [-0.05, 0) is 25.1 Å². The van der Waals surface area contributed by atoms with Gasteiger partial charge in [0.05, 0.1) is 10.7 Å². The second-order valence-electron chi connectivity index (χ2n) is 3.15. The van der Waals surface area contributed by atoms with Gasteiger partial charge in [-0.2, -0.15) is 5.26 Å². The molecule has 0 aliphatic carbocycles. The lowest BCUT2D eigenvalue weighted by molar-refractivity contribution is -0.112. The Morgan fingerprint density at radius 1 is 1.47 bits per heavy atom. The van der Waals surface area contributed by atoms with Gasteiger partial charge in [0.15, 0.2) is 5.57 Å². The third-order valence-corrected chi connectivity index (χ3v) is 2.44. The van der Waals surface area contributed by atoms with E-state index in [9.17, 15) is 4.79 Å². The molecule has 0 atom stereocenters. The highest BCUT2D eigenvalue weighted by Crippen LogP contribution is 2.25. The topological polar surface area (TPSA) is 73.1 Å². The highest BCUT2D eigenvalue weighted by molar-refractivity contribution is 6.35. The Bertz CT molecular complexity index is 529. The van der Waals surface area contributed by atoms with Crippen molar-refractivity contribution in [3.8, 4) is 6.07 Å². The molecule has 0 aliphatic heterocycles. The van der Waals surface area contributed by atoms with Gasteiger partial charge in [-0.15, -0.1) is 0 Å². The number of nitrogens with one attached hydrogen (secondary N) is 1. The van der Waals surface area contributed by atoms with Crippen LogP contribution in [0.3, 0.4) is 0 Å². The first kappa shape index (κ1) is 13.4. The Balaban J connectivity index is 3.01. The lowest BCUT2D eigenvalue weighted by atomic mass is 10.2. The number of anilines is 1. The number of allylic oxidation sites excluding steroid dienone is 1. The molecule has 0 heterocycles. The summed E-state index contributed by atoms with van der Waals surface area (Å²) >= 11 is 11.6. The molecular formula is C11H8Cl2N2O2. The molecule has 1 aromatic carbocycles. The van der Waals surface area contributed by atoms with Crippen LogP contribution in [0, 0.1) is 11.3 Å². The first-order chi connectivity index (χ1) is 7.95. The average molecular weight is 271 g/mol. The quantitative estimate of drug-likeness (QED) is 0.492. The summed E-state index contributed by atoms with van der Waals surface area (Å²) in [6.07, 6.45) is 0. The molecule has 1 amide bonds. The van der Waals surface area contributed by atoms with Crippen molar-refractivity contribution in [1.29, 1.82) is 5.26 Å². The molecule has 0 aliphatic rings. The van der Waals surface area contributed by atoms with E-state index in [4.69, 9.17) is 33.6 Å². The fourth-order valence-electron chi connectivity index (χ4n) is 1.07. The van der Waals surface area contributed by atoms with E-state index in [1.165, 1.54) is 19.1 Å². The second-order valence-corrected chi connectivity index (χ2v) is 3.99. The van der Waals surface area contributed by atoms with Gasteiger partial charge in [-0.25, -0.2) is 0 Å². The van der Waals surface area contributed by atoms with E-state index in [0.717, 1.165) is 0 Å². The van der Waals surface area contributed by atoms with Gasteiger partial charge in [-0.3, -0.25) is 4.79 Å². The van der Waals surface area contributed by atoms with Crippen molar-refractivity contribution in [3.63, 3.8) is 0 Å². The molecule has 88 valence electrons. The number of rotatable bonds is 2. The van der Waals surface area contributed by atoms with Crippen LogP contribution in [0.1, 0.15) is 6.92 Å². The molecular weight excluding hydrogens is 263 g/mol. The van der Waals surface area contributed by atoms with Crippen molar-refractivity contribution < 1.29 is 9.90 Å². The summed E-state index contributed by atoms with van der Waals surface area (Å²) in [6.45, 7) is 1.25. The first-order valence-corrected chi connectivity index (χ1v) is 5.27. The van der Waals surface area contributed by atoms with E-state index in [0.29, 0.717) is 5.02 Å². The van der Waals surface area contributed by atoms with Crippen LogP contribution in [-0.2, 0) is 4.79 Å². The highest BCUT2D eigenvalue weighted by atomic mass is 35.5. The number of nitrogens with zero attached hydrogens (tertiary/aromatic N) is 1. The minimum Gasteiger partial charge on any atom is -0.511 e. The normalized spacial score (nSPS) is 11.4. The van der Waals surface area contributed by atoms with E-state index < -0.39 is 5.91 Å². The van der Waals surface area contributed by atoms with E-state index in [2.05, 4.69) is 5.32 Å². The van der Waals surface area contributed by atoms with Crippen molar-refractivity contribution in [2.45, 2.75) is 6.92 Å². The van der Waals surface area contributed by atoms with E-state index >= 15 is 0 Å². The minimum absolute atomic E-state index is 0.276. The Kier molecular flexibility index (Phi) is 4.38. The molecule has 1 rings (SSSR count). The Hall–Kier alpha value is -1.70. The SMILES string of the molecule is CC(O)=C(C#N)C(=O)Nc1cc(Cl)ccc1Cl. The third kappa shape index (κ3) is 3.38. The number of aliphatic hydroxyl groups is 1. The van der Waals surface area contributed by atoms with Crippen molar-refractivity contribution in [2.75, 3.05) is 5.32 Å². The molecule has 0 unspecified atom stereocenters. The van der Waals surface area contributed by atoms with Crippen LogP contribution in [-0.4, -0.2) is 11.0 Å². The molecule has 0 saturated heterocycles. The molecule has 0 spiro atoms. The Morgan fingerprint density at radius 3 is 2.65 bits per heavy atom. The summed E-state index contributed by atoms with van der Waals surface area (Å²) in [5.41, 5.74) is -0.0980. The summed E-state index contributed by atoms with van der Waals surface area (Å²) in [4.78, 5) is 11.6. The zero-order chi connectivity index (χ0) is 13.0. The summed E-state index contributed by atoms with van der Waals surface area (Å²) in [6, 6.07) is 6.13. The number of aliphatic hydroxyl groups excluding tert-OH is 1. The van der Waals surface area contributed by atoms with Crippen molar-refractivity contribution in [2.24, 2.45) is 0 Å². The molecule has 1 aromatic rings. The largest absolute Gasteiger partial charge is 0.511 e. The van der Waals surface area contributed by atoms with Crippen LogP contribution in [0.25, 0.3) is 0 Å². The maximum atomic E-state index is 11.6. The number of benzene rings is 1. The van der Waals surface area contributed by atoms with Gasteiger partial charge in [0.25, 0.3) is 5.91 Å². The third-order valence-electron chi connectivity index (χ3n) is 1.88. The van der Waals surface area contributed by atoms with Crippen LogP contribution < -0.4 is 5.32 Å². The van der Waals surface area contributed by atoms with Gasteiger partial charge < -0.3 is 10.4 Å². The number of amides is 1. The summed E-state index contributed by atoms with van der Waals surface area (Å²) in [7, 11) is 0. The highest BCUT2D eigenvalue weighted by Gasteiger charge is 2.14. The summed E-state index contributed by atoms with van der Waals surface area (Å²) < 4.78 is 0. The van der Waals surface area contributed by atoms with Crippen LogP contribution in [0.15, 0.2) is 29.5 Å². The monoisotopic (exact) mass is 270 g/mol. The molecule has 6 heteroatoms. The molecule has 17 heavy (non-hydrogen) atoms. The predicted molar refractivity (Wildman–Crippen MR) is 66.0 cm³/mol. The zero-order valence-electron chi connectivity index (χ0n) is 8.79. The van der Waals surface area contributed by atoms with Gasteiger partial charge in [0.1, 0.15) is 11.8 Å². The number of carbonyl (C=O) groups is 1. The second kappa shape index (κ2) is 5.58. The number of nitriles is 1. The van der Waals surface area contributed by atoms with E-state index in [-0.39, 0.29) is 22.0 Å². The van der Waals surface area contributed by atoms with Gasteiger partial charge in [0, 0.05) is 5.02 Å². The molecule has 0 aromatic heterocycles. The molecule has 4 nitrogen and oxygen atoms in total. The number of carbonyl (C=O) groups excluding carboxylic acids is 1. The Labute approximate surface area is 108 Å². The van der Waals surface area contributed by atoms with Crippen LogP contribution in [0.4, 0.5) is 5.69 Å². The fourth-order valence-corrected chi connectivity index (χ4v) is 1.41. The van der Waals surface area contributed by atoms with Crippen LogP contribution in [0.2, 0.25) is 10.0 Å². The smallest absolute Gasteiger partial charge is 0.269 e. The summed E-state index contributed by atoms with van der Waals surface area (Å²) in [5, 5.41) is 20.9. The number of hydrogen-bond acceptors (Lipinski definition) is 3. The molecule has 0 saturated carbocycles. The minimum atomic E-state index is -0.739. The van der Waals surface area contributed by atoms with Crippen LogP contribution >= 0.6 is 23.2 Å². The Morgan fingerprint density at radius 2 is 2.12 bits per heavy atom.